The third-order valence-corrected chi connectivity index (χ3v) is 3.72. The Bertz CT molecular complexity index is 148. The standard InChI is InChI=1S/C8H16O2P2.CH4/c1-11-9-7-3-5(7)6-4-8(6)10-12-2;/h5-8,11-12H,3-4H2,1-2H3;1H4. The summed E-state index contributed by atoms with van der Waals surface area (Å²) in [5.41, 5.74) is 0. The average molecular weight is 222 g/mol. The summed E-state index contributed by atoms with van der Waals surface area (Å²) >= 11 is 0. The van der Waals surface area contributed by atoms with Crippen LogP contribution in [-0.4, -0.2) is 25.5 Å². The molecule has 0 bridgehead atoms. The predicted octanol–water partition coefficient (Wildman–Crippen LogP) is 2.88. The minimum atomic E-state index is 0. The summed E-state index contributed by atoms with van der Waals surface area (Å²) in [6.45, 7) is 4.20. The monoisotopic (exact) mass is 222 g/mol. The van der Waals surface area contributed by atoms with Gasteiger partial charge in [-0.2, -0.15) is 0 Å². The molecule has 2 rings (SSSR count). The zero-order valence-electron chi connectivity index (χ0n) is 7.54. The molecule has 0 aromatic rings. The van der Waals surface area contributed by atoms with E-state index in [2.05, 4.69) is 13.3 Å². The molecule has 0 aliphatic heterocycles. The van der Waals surface area contributed by atoms with Crippen LogP contribution in [0.15, 0.2) is 0 Å². The molecule has 13 heavy (non-hydrogen) atoms. The lowest BCUT2D eigenvalue weighted by molar-refractivity contribution is 0.285. The van der Waals surface area contributed by atoms with E-state index in [1.807, 2.05) is 0 Å². The molecule has 2 saturated carbocycles. The van der Waals surface area contributed by atoms with E-state index in [0.29, 0.717) is 29.8 Å². The van der Waals surface area contributed by atoms with Crippen molar-refractivity contribution in [3.8, 4) is 0 Å². The van der Waals surface area contributed by atoms with Crippen molar-refractivity contribution < 1.29 is 9.05 Å². The van der Waals surface area contributed by atoms with Gasteiger partial charge >= 0.3 is 0 Å². The van der Waals surface area contributed by atoms with Crippen molar-refractivity contribution in [3.63, 3.8) is 0 Å². The quantitative estimate of drug-likeness (QED) is 0.666. The summed E-state index contributed by atoms with van der Waals surface area (Å²) < 4.78 is 11.1. The van der Waals surface area contributed by atoms with Crippen LogP contribution < -0.4 is 0 Å². The van der Waals surface area contributed by atoms with Gasteiger partial charge in [0, 0.05) is 17.6 Å². The van der Waals surface area contributed by atoms with Crippen LogP contribution in [0, 0.1) is 11.8 Å². The molecule has 2 nitrogen and oxygen atoms in total. The first-order valence-electron chi connectivity index (χ1n) is 4.51. The van der Waals surface area contributed by atoms with Gasteiger partial charge in [0.1, 0.15) is 0 Å². The van der Waals surface area contributed by atoms with Crippen molar-refractivity contribution in [3.05, 3.63) is 0 Å². The Kier molecular flexibility index (Phi) is 4.58. The van der Waals surface area contributed by atoms with E-state index in [9.17, 15) is 0 Å². The maximum Gasteiger partial charge on any atom is 0.0650 e. The maximum absolute atomic E-state index is 5.57. The van der Waals surface area contributed by atoms with Crippen molar-refractivity contribution in [2.24, 2.45) is 11.8 Å². The normalized spacial score (nSPS) is 42.9. The van der Waals surface area contributed by atoms with E-state index in [4.69, 9.17) is 9.05 Å². The first-order chi connectivity index (χ1) is 5.86. The highest BCUT2D eigenvalue weighted by atomic mass is 31.1. The molecule has 0 spiro atoms. The summed E-state index contributed by atoms with van der Waals surface area (Å²) in [5, 5.41) is 0. The molecule has 0 heterocycles. The van der Waals surface area contributed by atoms with Gasteiger partial charge in [0.25, 0.3) is 0 Å². The van der Waals surface area contributed by atoms with Crippen molar-refractivity contribution in [2.75, 3.05) is 13.3 Å². The van der Waals surface area contributed by atoms with Gasteiger partial charge in [-0.1, -0.05) is 7.43 Å². The van der Waals surface area contributed by atoms with Gasteiger partial charge in [-0.15, -0.1) is 0 Å². The van der Waals surface area contributed by atoms with Gasteiger partial charge in [-0.25, -0.2) is 0 Å². The van der Waals surface area contributed by atoms with Gasteiger partial charge in [-0.05, 0) is 38.0 Å². The molecule has 0 aromatic heterocycles. The summed E-state index contributed by atoms with van der Waals surface area (Å²) in [5.74, 6) is 1.69. The lowest BCUT2D eigenvalue weighted by Crippen LogP contribution is -1.95. The molecule has 2 fully saturated rings. The molecule has 0 aromatic carbocycles. The Labute approximate surface area is 84.9 Å². The van der Waals surface area contributed by atoms with E-state index in [-0.39, 0.29) is 7.43 Å². The molecule has 0 N–H and O–H groups in total. The Balaban J connectivity index is 0.000000845. The second-order valence-electron chi connectivity index (χ2n) is 3.52. The van der Waals surface area contributed by atoms with Crippen LogP contribution >= 0.6 is 17.6 Å². The van der Waals surface area contributed by atoms with Gasteiger partial charge in [0.05, 0.1) is 12.2 Å². The Morgan fingerprint density at radius 3 is 1.62 bits per heavy atom. The van der Waals surface area contributed by atoms with Crippen LogP contribution in [0.3, 0.4) is 0 Å². The molecular formula is C9H20O2P2. The largest absolute Gasteiger partial charge is 0.359 e. The summed E-state index contributed by atoms with van der Waals surface area (Å²) in [7, 11) is 1.32. The Hall–Kier alpha value is 0.780. The third-order valence-electron chi connectivity index (χ3n) is 2.65. The minimum absolute atomic E-state index is 0. The zero-order valence-corrected chi connectivity index (χ0v) is 9.54. The van der Waals surface area contributed by atoms with Crippen LogP contribution in [0.2, 0.25) is 0 Å². The van der Waals surface area contributed by atoms with E-state index >= 15 is 0 Å². The first kappa shape index (κ1) is 11.9. The number of hydrogen-bond donors (Lipinski definition) is 0. The van der Waals surface area contributed by atoms with Crippen molar-refractivity contribution in [1.82, 2.24) is 0 Å². The second kappa shape index (κ2) is 5.03. The molecule has 0 saturated heterocycles. The zero-order chi connectivity index (χ0) is 8.55. The molecular weight excluding hydrogens is 202 g/mol. The molecule has 4 heteroatoms. The molecule has 0 amide bonds. The van der Waals surface area contributed by atoms with Crippen LogP contribution in [0.4, 0.5) is 0 Å². The van der Waals surface area contributed by atoms with E-state index < -0.39 is 0 Å². The van der Waals surface area contributed by atoms with Crippen molar-refractivity contribution in [2.45, 2.75) is 32.5 Å². The fourth-order valence-electron chi connectivity index (χ4n) is 1.85. The Morgan fingerprint density at radius 1 is 0.923 bits per heavy atom. The highest BCUT2D eigenvalue weighted by Crippen LogP contribution is 2.55. The van der Waals surface area contributed by atoms with Crippen molar-refractivity contribution >= 4 is 17.6 Å². The summed E-state index contributed by atoms with van der Waals surface area (Å²) in [6.07, 6.45) is 3.76. The first-order valence-corrected chi connectivity index (χ1v) is 7.33. The fraction of sp³-hybridized carbons (Fsp3) is 1.00. The smallest absolute Gasteiger partial charge is 0.0650 e. The van der Waals surface area contributed by atoms with Gasteiger partial charge in [-0.3, -0.25) is 0 Å². The van der Waals surface area contributed by atoms with Crippen LogP contribution in [0.1, 0.15) is 20.3 Å². The topological polar surface area (TPSA) is 18.5 Å². The Morgan fingerprint density at radius 2 is 1.31 bits per heavy atom. The predicted molar refractivity (Wildman–Crippen MR) is 61.2 cm³/mol. The lowest BCUT2D eigenvalue weighted by atomic mass is 10.3. The average Bonchev–Trinajstić information content (AvgIpc) is 2.85. The van der Waals surface area contributed by atoms with Gasteiger partial charge < -0.3 is 9.05 Å². The third kappa shape index (κ3) is 2.86. The van der Waals surface area contributed by atoms with E-state index in [0.717, 1.165) is 11.8 Å². The molecule has 6 unspecified atom stereocenters. The highest BCUT2D eigenvalue weighted by molar-refractivity contribution is 7.31. The SMILES string of the molecule is C.CPOC1CC1C1CC1OPC. The number of hydrogen-bond acceptors (Lipinski definition) is 2. The van der Waals surface area contributed by atoms with Gasteiger partial charge in [0.2, 0.25) is 0 Å². The summed E-state index contributed by atoms with van der Waals surface area (Å²) in [4.78, 5) is 0. The molecule has 6 atom stereocenters. The maximum atomic E-state index is 5.57. The van der Waals surface area contributed by atoms with Crippen LogP contribution in [-0.2, 0) is 9.05 Å². The van der Waals surface area contributed by atoms with Crippen LogP contribution in [0.25, 0.3) is 0 Å². The molecule has 78 valence electrons. The second-order valence-corrected chi connectivity index (χ2v) is 4.81. The number of rotatable bonds is 5. The van der Waals surface area contributed by atoms with Crippen LogP contribution in [0.5, 0.6) is 0 Å². The van der Waals surface area contributed by atoms with E-state index in [1.165, 1.54) is 12.8 Å². The van der Waals surface area contributed by atoms with E-state index in [1.54, 1.807) is 0 Å². The molecule has 0 radical (unpaired) electrons. The molecule has 2 aliphatic carbocycles. The van der Waals surface area contributed by atoms with Crippen molar-refractivity contribution in [1.29, 1.82) is 0 Å². The highest BCUT2D eigenvalue weighted by Gasteiger charge is 2.54. The fourth-order valence-corrected chi connectivity index (χ4v) is 3.00. The molecule has 2 aliphatic rings. The summed E-state index contributed by atoms with van der Waals surface area (Å²) in [6, 6.07) is 0. The minimum Gasteiger partial charge on any atom is -0.359 e. The lowest BCUT2D eigenvalue weighted by Gasteiger charge is -1.99. The van der Waals surface area contributed by atoms with Gasteiger partial charge in [0.15, 0.2) is 0 Å².